The average molecular weight is 349 g/mol. The van der Waals surface area contributed by atoms with Gasteiger partial charge >= 0.3 is 0 Å². The van der Waals surface area contributed by atoms with E-state index in [1.807, 2.05) is 19.1 Å². The molecule has 1 aromatic rings. The summed E-state index contributed by atoms with van der Waals surface area (Å²) in [6.45, 7) is 10.5. The number of allylic oxidation sites excluding steroid dienone is 1. The largest absolute Gasteiger partial charge is 0.508 e. The third kappa shape index (κ3) is 4.50. The molecule has 134 valence electrons. The van der Waals surface area contributed by atoms with Gasteiger partial charge in [-0.05, 0) is 68.6 Å². The highest BCUT2D eigenvalue weighted by Crippen LogP contribution is 2.51. The lowest BCUT2D eigenvalue weighted by Gasteiger charge is -2.41. The molecule has 0 spiro atoms. The van der Waals surface area contributed by atoms with Crippen LogP contribution < -0.4 is 0 Å². The van der Waals surface area contributed by atoms with Gasteiger partial charge in [0.1, 0.15) is 11.5 Å². The van der Waals surface area contributed by atoms with Crippen LogP contribution in [0.3, 0.4) is 0 Å². The van der Waals surface area contributed by atoms with Crippen molar-refractivity contribution in [1.82, 2.24) is 0 Å². The minimum atomic E-state index is -0.0741. The van der Waals surface area contributed by atoms with Crippen LogP contribution in [0.15, 0.2) is 24.3 Å². The van der Waals surface area contributed by atoms with Crippen LogP contribution >= 0.6 is 12.6 Å². The van der Waals surface area contributed by atoms with Crippen LogP contribution in [0.1, 0.15) is 76.3 Å². The van der Waals surface area contributed by atoms with Crippen molar-refractivity contribution in [2.24, 2.45) is 5.92 Å². The van der Waals surface area contributed by atoms with Crippen LogP contribution in [0.4, 0.5) is 0 Å². The highest BCUT2D eigenvalue weighted by Gasteiger charge is 2.39. The van der Waals surface area contributed by atoms with Crippen LogP contribution in [0.5, 0.6) is 11.5 Å². The van der Waals surface area contributed by atoms with E-state index >= 15 is 0 Å². The Morgan fingerprint density at radius 1 is 1.29 bits per heavy atom. The van der Waals surface area contributed by atoms with E-state index in [9.17, 15) is 10.2 Å². The SMILES string of the molecule is C=C(C)[C@H]1CCC(C)(S)C[C@@H]1c1c(O)cc(CCCCC)cc1O. The van der Waals surface area contributed by atoms with Crippen LogP contribution in [0.25, 0.3) is 0 Å². The molecule has 0 radical (unpaired) electrons. The van der Waals surface area contributed by atoms with Crippen molar-refractivity contribution in [1.29, 1.82) is 0 Å². The maximum Gasteiger partial charge on any atom is 0.123 e. The maximum atomic E-state index is 10.6. The molecule has 0 bridgehead atoms. The number of rotatable bonds is 6. The molecule has 0 heterocycles. The molecule has 2 nitrogen and oxygen atoms in total. The fourth-order valence-corrected chi connectivity index (χ4v) is 4.39. The number of phenols is 2. The first-order chi connectivity index (χ1) is 11.2. The first-order valence-electron chi connectivity index (χ1n) is 9.17. The van der Waals surface area contributed by atoms with Gasteiger partial charge in [-0.15, -0.1) is 0 Å². The molecule has 2 N–H and O–H groups in total. The van der Waals surface area contributed by atoms with E-state index in [4.69, 9.17) is 12.6 Å². The molecule has 0 aliphatic heterocycles. The van der Waals surface area contributed by atoms with E-state index in [0.29, 0.717) is 5.56 Å². The minimum absolute atomic E-state index is 0.0726. The maximum absolute atomic E-state index is 10.6. The Bertz CT molecular complexity index is 568. The molecule has 3 heteroatoms. The zero-order chi connectivity index (χ0) is 17.9. The standard InChI is InChI=1S/C21H32O2S/c1-5-6-7-8-15-11-18(22)20(19(23)12-15)17-13-21(4,24)10-9-16(17)14(2)3/h11-12,16-17,22-24H,2,5-10,13H2,1,3-4H3/t16-,17+,21?/m1/s1. The van der Waals surface area contributed by atoms with E-state index in [0.717, 1.165) is 43.2 Å². The lowest BCUT2D eigenvalue weighted by Crippen LogP contribution is -2.32. The summed E-state index contributed by atoms with van der Waals surface area (Å²) < 4.78 is -0.0741. The van der Waals surface area contributed by atoms with Gasteiger partial charge in [0.05, 0.1) is 0 Å². The summed E-state index contributed by atoms with van der Waals surface area (Å²) in [5.74, 6) is 0.809. The van der Waals surface area contributed by atoms with Crippen molar-refractivity contribution in [3.63, 3.8) is 0 Å². The lowest BCUT2D eigenvalue weighted by atomic mass is 9.68. The molecule has 0 amide bonds. The summed E-state index contributed by atoms with van der Waals surface area (Å²) in [5.41, 5.74) is 2.82. The first-order valence-corrected chi connectivity index (χ1v) is 9.62. The summed E-state index contributed by atoms with van der Waals surface area (Å²) in [5, 5.41) is 21.3. The fraction of sp³-hybridized carbons (Fsp3) is 0.619. The Balaban J connectivity index is 2.32. The third-order valence-electron chi connectivity index (χ3n) is 5.41. The highest BCUT2D eigenvalue weighted by molar-refractivity contribution is 7.81. The van der Waals surface area contributed by atoms with Crippen molar-refractivity contribution in [3.8, 4) is 11.5 Å². The van der Waals surface area contributed by atoms with Gasteiger partial charge in [0.25, 0.3) is 0 Å². The summed E-state index contributed by atoms with van der Waals surface area (Å²) in [7, 11) is 0. The predicted octanol–water partition coefficient (Wildman–Crippen LogP) is 5.98. The van der Waals surface area contributed by atoms with Crippen molar-refractivity contribution in [3.05, 3.63) is 35.4 Å². The van der Waals surface area contributed by atoms with E-state index in [2.05, 4.69) is 20.4 Å². The summed E-state index contributed by atoms with van der Waals surface area (Å²) in [6, 6.07) is 3.68. The highest BCUT2D eigenvalue weighted by atomic mass is 32.1. The summed E-state index contributed by atoms with van der Waals surface area (Å²) >= 11 is 4.79. The van der Waals surface area contributed by atoms with E-state index < -0.39 is 0 Å². The summed E-state index contributed by atoms with van der Waals surface area (Å²) in [4.78, 5) is 0. The molecule has 1 aliphatic rings. The number of aryl methyl sites for hydroxylation is 1. The fourth-order valence-electron chi connectivity index (χ4n) is 4.06. The predicted molar refractivity (Wildman–Crippen MR) is 105 cm³/mol. The van der Waals surface area contributed by atoms with E-state index in [1.165, 1.54) is 12.8 Å². The van der Waals surface area contributed by atoms with E-state index in [1.54, 1.807) is 0 Å². The second-order valence-electron chi connectivity index (χ2n) is 7.80. The van der Waals surface area contributed by atoms with Gasteiger partial charge in [0.15, 0.2) is 0 Å². The van der Waals surface area contributed by atoms with Crippen LogP contribution in [0, 0.1) is 5.92 Å². The molecule has 1 fully saturated rings. The van der Waals surface area contributed by atoms with Gasteiger partial charge < -0.3 is 10.2 Å². The van der Waals surface area contributed by atoms with Crippen molar-refractivity contribution in [2.45, 2.75) is 76.4 Å². The normalized spacial score (nSPS) is 27.2. The van der Waals surface area contributed by atoms with Crippen molar-refractivity contribution >= 4 is 12.6 Å². The van der Waals surface area contributed by atoms with Gasteiger partial charge in [0, 0.05) is 10.3 Å². The first kappa shape index (κ1) is 19.2. The molecule has 2 rings (SSSR count). The van der Waals surface area contributed by atoms with E-state index in [-0.39, 0.29) is 28.1 Å². The van der Waals surface area contributed by atoms with Crippen LogP contribution in [-0.2, 0) is 6.42 Å². The molecule has 24 heavy (non-hydrogen) atoms. The Morgan fingerprint density at radius 2 is 1.92 bits per heavy atom. The number of unbranched alkanes of at least 4 members (excludes halogenated alkanes) is 2. The lowest BCUT2D eigenvalue weighted by molar-refractivity contribution is 0.290. The van der Waals surface area contributed by atoms with Gasteiger partial charge in [-0.25, -0.2) is 0 Å². The second kappa shape index (κ2) is 7.86. The summed E-state index contributed by atoms with van der Waals surface area (Å²) in [6.07, 6.45) is 7.18. The second-order valence-corrected chi connectivity index (χ2v) is 8.88. The Hall–Kier alpha value is -1.09. The molecule has 1 aromatic carbocycles. The van der Waals surface area contributed by atoms with Gasteiger partial charge in [-0.1, -0.05) is 38.8 Å². The van der Waals surface area contributed by atoms with Gasteiger partial charge in [0.2, 0.25) is 0 Å². The Kier molecular flexibility index (Phi) is 6.30. The quantitative estimate of drug-likeness (QED) is 0.336. The smallest absolute Gasteiger partial charge is 0.123 e. The number of aromatic hydroxyl groups is 2. The zero-order valence-corrected chi connectivity index (χ0v) is 16.2. The topological polar surface area (TPSA) is 40.5 Å². The number of benzene rings is 1. The molecule has 0 aromatic heterocycles. The van der Waals surface area contributed by atoms with Crippen LogP contribution in [0.2, 0.25) is 0 Å². The zero-order valence-electron chi connectivity index (χ0n) is 15.3. The minimum Gasteiger partial charge on any atom is -0.508 e. The number of hydrogen-bond acceptors (Lipinski definition) is 3. The Labute approximate surface area is 152 Å². The number of hydrogen-bond donors (Lipinski definition) is 3. The molecule has 1 saturated carbocycles. The average Bonchev–Trinajstić information content (AvgIpc) is 2.45. The molecular formula is C21H32O2S. The number of thiol groups is 1. The molecule has 0 saturated heterocycles. The number of phenolic OH excluding ortho intramolecular Hbond substituents is 2. The van der Waals surface area contributed by atoms with Crippen molar-refractivity contribution < 1.29 is 10.2 Å². The van der Waals surface area contributed by atoms with Crippen LogP contribution in [-0.4, -0.2) is 15.0 Å². The Morgan fingerprint density at radius 3 is 2.46 bits per heavy atom. The third-order valence-corrected chi connectivity index (χ3v) is 5.81. The monoisotopic (exact) mass is 348 g/mol. The molecular weight excluding hydrogens is 316 g/mol. The molecule has 1 aliphatic carbocycles. The molecule has 3 atom stereocenters. The molecule has 1 unspecified atom stereocenters. The van der Waals surface area contributed by atoms with Gasteiger partial charge in [-0.3, -0.25) is 0 Å². The van der Waals surface area contributed by atoms with Gasteiger partial charge in [-0.2, -0.15) is 12.6 Å². The van der Waals surface area contributed by atoms with Crippen molar-refractivity contribution in [2.75, 3.05) is 0 Å².